The fraction of sp³-hybridized carbons (Fsp3) is 0.100. The second-order valence-electron chi connectivity index (χ2n) is 2.93. The Morgan fingerprint density at radius 2 is 2.27 bits per heavy atom. The second-order valence-corrected chi connectivity index (χ2v) is 3.34. The van der Waals surface area contributed by atoms with Crippen LogP contribution >= 0.6 is 11.6 Å². The molecule has 5 heteroatoms. The van der Waals surface area contributed by atoms with Crippen LogP contribution in [-0.2, 0) is 0 Å². The Morgan fingerprint density at radius 3 is 2.87 bits per heavy atom. The van der Waals surface area contributed by atoms with Crippen molar-refractivity contribution in [3.63, 3.8) is 0 Å². The fourth-order valence-electron chi connectivity index (χ4n) is 1.31. The zero-order chi connectivity index (χ0) is 10.8. The molecule has 0 bridgehead atoms. The van der Waals surface area contributed by atoms with Gasteiger partial charge in [0.05, 0.1) is 30.4 Å². The van der Waals surface area contributed by atoms with Crippen molar-refractivity contribution in [1.29, 1.82) is 0 Å². The Labute approximate surface area is 90.9 Å². The molecule has 0 atom stereocenters. The van der Waals surface area contributed by atoms with E-state index < -0.39 is 5.82 Å². The smallest absolute Gasteiger partial charge is 0.145 e. The normalized spacial score (nSPS) is 10.3. The van der Waals surface area contributed by atoms with E-state index in [1.807, 2.05) is 0 Å². The number of H-pyrrole nitrogens is 1. The molecule has 0 fully saturated rings. The summed E-state index contributed by atoms with van der Waals surface area (Å²) in [6.45, 7) is 0. The highest BCUT2D eigenvalue weighted by atomic mass is 35.5. The number of imidazole rings is 1. The van der Waals surface area contributed by atoms with Gasteiger partial charge >= 0.3 is 0 Å². The fourth-order valence-corrected chi connectivity index (χ4v) is 1.47. The Balaban J connectivity index is 2.60. The van der Waals surface area contributed by atoms with Crippen LogP contribution in [0.2, 0.25) is 5.02 Å². The quantitative estimate of drug-likeness (QED) is 0.855. The number of aromatic amines is 1. The van der Waals surface area contributed by atoms with Crippen LogP contribution < -0.4 is 4.74 Å². The first-order valence-corrected chi connectivity index (χ1v) is 4.62. The molecular formula is C10H8ClFN2O. The number of halogens is 2. The summed E-state index contributed by atoms with van der Waals surface area (Å²) in [5.41, 5.74) is 1.41. The number of nitrogens with one attached hydrogen (secondary N) is 1. The van der Waals surface area contributed by atoms with Crippen LogP contribution in [0.15, 0.2) is 24.7 Å². The summed E-state index contributed by atoms with van der Waals surface area (Å²) in [4.78, 5) is 6.78. The molecule has 0 aliphatic rings. The summed E-state index contributed by atoms with van der Waals surface area (Å²) < 4.78 is 18.2. The monoisotopic (exact) mass is 226 g/mol. The molecule has 0 unspecified atom stereocenters. The number of ether oxygens (including phenoxy) is 1. The molecule has 0 aliphatic carbocycles. The first kappa shape index (κ1) is 9.98. The average Bonchev–Trinajstić information content (AvgIpc) is 2.74. The van der Waals surface area contributed by atoms with Crippen molar-refractivity contribution in [2.75, 3.05) is 7.11 Å². The molecule has 1 heterocycles. The van der Waals surface area contributed by atoms with Crippen molar-refractivity contribution in [1.82, 2.24) is 9.97 Å². The highest BCUT2D eigenvalue weighted by Gasteiger charge is 2.11. The molecule has 3 nitrogen and oxygen atoms in total. The highest BCUT2D eigenvalue weighted by Crippen LogP contribution is 2.32. The zero-order valence-electron chi connectivity index (χ0n) is 7.92. The number of benzene rings is 1. The lowest BCUT2D eigenvalue weighted by atomic mass is 10.1. The van der Waals surface area contributed by atoms with Gasteiger partial charge in [0, 0.05) is 11.6 Å². The molecule has 0 aliphatic heterocycles. The van der Waals surface area contributed by atoms with Gasteiger partial charge in [-0.05, 0) is 6.07 Å². The van der Waals surface area contributed by atoms with E-state index in [-0.39, 0.29) is 5.02 Å². The van der Waals surface area contributed by atoms with Crippen LogP contribution in [0, 0.1) is 5.82 Å². The first-order valence-electron chi connectivity index (χ1n) is 4.24. The van der Waals surface area contributed by atoms with E-state index in [1.54, 1.807) is 6.20 Å². The van der Waals surface area contributed by atoms with E-state index in [0.29, 0.717) is 11.3 Å². The van der Waals surface area contributed by atoms with Crippen molar-refractivity contribution in [2.45, 2.75) is 0 Å². The van der Waals surface area contributed by atoms with Crippen molar-refractivity contribution < 1.29 is 9.13 Å². The number of rotatable bonds is 2. The molecule has 78 valence electrons. The predicted octanol–water partition coefficient (Wildman–Crippen LogP) is 2.88. The van der Waals surface area contributed by atoms with Crippen molar-refractivity contribution in [3.05, 3.63) is 35.5 Å². The van der Waals surface area contributed by atoms with Gasteiger partial charge in [0.2, 0.25) is 0 Å². The molecular weight excluding hydrogens is 219 g/mol. The van der Waals surface area contributed by atoms with E-state index in [4.69, 9.17) is 16.3 Å². The summed E-state index contributed by atoms with van der Waals surface area (Å²) in [6, 6.07) is 2.75. The SMILES string of the molecule is COc1cc(F)c(Cl)cc1-c1cnc[nH]1. The number of methoxy groups -OCH3 is 1. The number of aromatic nitrogens is 2. The minimum Gasteiger partial charge on any atom is -0.496 e. The zero-order valence-corrected chi connectivity index (χ0v) is 8.68. The molecule has 15 heavy (non-hydrogen) atoms. The summed E-state index contributed by atoms with van der Waals surface area (Å²) in [5.74, 6) is -0.0852. The Bertz CT molecular complexity index is 471. The maximum Gasteiger partial charge on any atom is 0.145 e. The third kappa shape index (κ3) is 1.80. The van der Waals surface area contributed by atoms with Gasteiger partial charge in [0.15, 0.2) is 0 Å². The van der Waals surface area contributed by atoms with E-state index in [2.05, 4.69) is 9.97 Å². The summed E-state index contributed by atoms with van der Waals surface area (Å²) in [6.07, 6.45) is 3.15. The second kappa shape index (κ2) is 3.90. The molecule has 1 aromatic carbocycles. The third-order valence-electron chi connectivity index (χ3n) is 2.03. The maximum atomic E-state index is 13.2. The van der Waals surface area contributed by atoms with Crippen molar-refractivity contribution >= 4 is 11.6 Å². The van der Waals surface area contributed by atoms with Crippen molar-refractivity contribution in [2.24, 2.45) is 0 Å². The topological polar surface area (TPSA) is 37.9 Å². The number of nitrogens with zero attached hydrogens (tertiary/aromatic N) is 1. The lowest BCUT2D eigenvalue weighted by Gasteiger charge is -2.07. The van der Waals surface area contributed by atoms with Crippen LogP contribution in [0.3, 0.4) is 0 Å². The van der Waals surface area contributed by atoms with Crippen molar-refractivity contribution in [3.8, 4) is 17.0 Å². The van der Waals surface area contributed by atoms with Gasteiger partial charge in [0.25, 0.3) is 0 Å². The Morgan fingerprint density at radius 1 is 1.47 bits per heavy atom. The molecule has 0 spiro atoms. The van der Waals surface area contributed by atoms with Gasteiger partial charge in [0.1, 0.15) is 11.6 Å². The van der Waals surface area contributed by atoms with Gasteiger partial charge in [-0.2, -0.15) is 0 Å². The average molecular weight is 227 g/mol. The van der Waals surface area contributed by atoms with Crippen LogP contribution in [0.1, 0.15) is 0 Å². The van der Waals surface area contributed by atoms with Crippen LogP contribution in [0.5, 0.6) is 5.75 Å². The lowest BCUT2D eigenvalue weighted by molar-refractivity contribution is 0.413. The minimum absolute atomic E-state index is 0.0559. The van der Waals surface area contributed by atoms with Gasteiger partial charge in [-0.15, -0.1) is 0 Å². The molecule has 2 aromatic rings. The Kier molecular flexibility index (Phi) is 2.60. The minimum atomic E-state index is -0.503. The molecule has 0 amide bonds. The molecule has 1 aromatic heterocycles. The van der Waals surface area contributed by atoms with Crippen LogP contribution in [0.25, 0.3) is 11.3 Å². The Hall–Kier alpha value is -1.55. The molecule has 1 N–H and O–H groups in total. The largest absolute Gasteiger partial charge is 0.496 e. The summed E-state index contributed by atoms with van der Waals surface area (Å²) in [5, 5.41) is 0.0559. The van der Waals surface area contributed by atoms with Gasteiger partial charge < -0.3 is 9.72 Å². The van der Waals surface area contributed by atoms with Gasteiger partial charge in [-0.3, -0.25) is 0 Å². The predicted molar refractivity (Wildman–Crippen MR) is 55.5 cm³/mol. The van der Waals surface area contributed by atoms with Gasteiger partial charge in [-0.25, -0.2) is 9.37 Å². The summed E-state index contributed by atoms with van der Waals surface area (Å²) in [7, 11) is 1.47. The van der Waals surface area contributed by atoms with E-state index in [0.717, 1.165) is 5.69 Å². The highest BCUT2D eigenvalue weighted by molar-refractivity contribution is 6.31. The molecule has 0 saturated heterocycles. The standard InChI is InChI=1S/C10H8ClFN2O/c1-15-10-3-8(12)7(11)2-6(10)9-4-13-5-14-9/h2-5H,1H3,(H,13,14). The van der Waals surface area contributed by atoms with Crippen LogP contribution in [-0.4, -0.2) is 17.1 Å². The lowest BCUT2D eigenvalue weighted by Crippen LogP contribution is -1.90. The van der Waals surface area contributed by atoms with E-state index in [9.17, 15) is 4.39 Å². The molecule has 0 radical (unpaired) electrons. The molecule has 0 saturated carbocycles. The third-order valence-corrected chi connectivity index (χ3v) is 2.32. The van der Waals surface area contributed by atoms with E-state index in [1.165, 1.54) is 25.6 Å². The number of hydrogen-bond acceptors (Lipinski definition) is 2. The van der Waals surface area contributed by atoms with Gasteiger partial charge in [-0.1, -0.05) is 11.6 Å². The maximum absolute atomic E-state index is 13.2. The number of hydrogen-bond donors (Lipinski definition) is 1. The first-order chi connectivity index (χ1) is 7.22. The van der Waals surface area contributed by atoms with Crippen LogP contribution in [0.4, 0.5) is 4.39 Å². The molecule has 2 rings (SSSR count). The van der Waals surface area contributed by atoms with E-state index >= 15 is 0 Å². The summed E-state index contributed by atoms with van der Waals surface area (Å²) >= 11 is 5.69.